The van der Waals surface area contributed by atoms with Crippen molar-refractivity contribution in [2.24, 2.45) is 0 Å². The fourth-order valence-corrected chi connectivity index (χ4v) is 5.18. The van der Waals surface area contributed by atoms with Gasteiger partial charge in [-0.05, 0) is 40.6 Å². The van der Waals surface area contributed by atoms with Crippen molar-refractivity contribution in [3.63, 3.8) is 0 Å². The van der Waals surface area contributed by atoms with Crippen LogP contribution in [0, 0.1) is 5.82 Å². The fourth-order valence-electron chi connectivity index (χ4n) is 3.50. The Balaban J connectivity index is 1.46. The monoisotopic (exact) mass is 418 g/mol. The van der Waals surface area contributed by atoms with Crippen LogP contribution in [0.15, 0.2) is 65.6 Å². The van der Waals surface area contributed by atoms with Gasteiger partial charge in [-0.2, -0.15) is 4.31 Å². The molecule has 28 heavy (non-hydrogen) atoms. The first-order valence-electron chi connectivity index (χ1n) is 9.09. The Hall–Kier alpha value is -1.99. The van der Waals surface area contributed by atoms with Crippen molar-refractivity contribution in [1.29, 1.82) is 0 Å². The minimum absolute atomic E-state index is 0.321. The van der Waals surface area contributed by atoms with Crippen LogP contribution in [0.3, 0.4) is 0 Å². The van der Waals surface area contributed by atoms with E-state index in [0.717, 1.165) is 16.3 Å². The van der Waals surface area contributed by atoms with E-state index in [1.54, 1.807) is 18.2 Å². The molecule has 0 bridgehead atoms. The van der Waals surface area contributed by atoms with Crippen LogP contribution in [0.5, 0.6) is 0 Å². The molecule has 7 heteroatoms. The first kappa shape index (κ1) is 19.3. The highest BCUT2D eigenvalue weighted by Gasteiger charge is 2.28. The summed E-state index contributed by atoms with van der Waals surface area (Å²) in [5, 5.41) is 2.32. The van der Waals surface area contributed by atoms with Gasteiger partial charge in [0.15, 0.2) is 0 Å². The maximum Gasteiger partial charge on any atom is 0.243 e. The maximum atomic E-state index is 13.2. The molecule has 3 aromatic rings. The summed E-state index contributed by atoms with van der Waals surface area (Å²) in [6.45, 7) is 2.59. The number of benzene rings is 3. The van der Waals surface area contributed by atoms with E-state index in [0.29, 0.717) is 42.6 Å². The largest absolute Gasteiger partial charge is 0.296 e. The summed E-state index contributed by atoms with van der Waals surface area (Å²) in [7, 11) is -3.53. The number of piperazine rings is 1. The second-order valence-electron chi connectivity index (χ2n) is 6.92. The molecule has 1 heterocycles. The van der Waals surface area contributed by atoms with E-state index in [2.05, 4.69) is 4.90 Å². The molecule has 0 saturated carbocycles. The predicted octanol–water partition coefficient (Wildman–Crippen LogP) is 4.14. The van der Waals surface area contributed by atoms with E-state index in [4.69, 9.17) is 11.6 Å². The Morgan fingerprint density at radius 2 is 1.61 bits per heavy atom. The number of nitrogens with zero attached hydrogens (tertiary/aromatic N) is 2. The lowest BCUT2D eigenvalue weighted by Gasteiger charge is -2.34. The van der Waals surface area contributed by atoms with Crippen molar-refractivity contribution in [3.8, 4) is 0 Å². The molecule has 0 radical (unpaired) electrons. The van der Waals surface area contributed by atoms with Crippen molar-refractivity contribution in [1.82, 2.24) is 9.21 Å². The highest BCUT2D eigenvalue weighted by atomic mass is 35.5. The molecular formula is C21H20ClFN2O2S. The predicted molar refractivity (Wildman–Crippen MR) is 109 cm³/mol. The lowest BCUT2D eigenvalue weighted by atomic mass is 10.1. The number of sulfonamides is 1. The van der Waals surface area contributed by atoms with Crippen LogP contribution in [-0.2, 0) is 16.6 Å². The first-order chi connectivity index (χ1) is 13.4. The third-order valence-electron chi connectivity index (χ3n) is 5.10. The third kappa shape index (κ3) is 3.91. The Bertz CT molecular complexity index is 1110. The average Bonchev–Trinajstić information content (AvgIpc) is 2.70. The molecule has 0 atom stereocenters. The molecular weight excluding hydrogens is 399 g/mol. The van der Waals surface area contributed by atoms with Gasteiger partial charge in [0.2, 0.25) is 10.0 Å². The minimum atomic E-state index is -3.53. The van der Waals surface area contributed by atoms with Gasteiger partial charge in [-0.3, -0.25) is 4.90 Å². The second-order valence-corrected chi connectivity index (χ2v) is 9.27. The van der Waals surface area contributed by atoms with Gasteiger partial charge in [0.1, 0.15) is 5.82 Å². The highest BCUT2D eigenvalue weighted by molar-refractivity contribution is 7.89. The fraction of sp³-hybridized carbons (Fsp3) is 0.238. The van der Waals surface area contributed by atoms with E-state index in [9.17, 15) is 12.8 Å². The molecule has 3 aromatic carbocycles. The SMILES string of the molecule is O=S(=O)(c1ccc2ccccc2c1)N1CCN(Cc2ccc(F)cc2Cl)CC1. The molecule has 0 aliphatic carbocycles. The average molecular weight is 419 g/mol. The van der Waals surface area contributed by atoms with Crippen molar-refractivity contribution in [2.75, 3.05) is 26.2 Å². The van der Waals surface area contributed by atoms with Gasteiger partial charge in [0.25, 0.3) is 0 Å². The number of rotatable bonds is 4. The van der Waals surface area contributed by atoms with Crippen molar-refractivity contribution < 1.29 is 12.8 Å². The molecule has 0 amide bonds. The van der Waals surface area contributed by atoms with Gasteiger partial charge >= 0.3 is 0 Å². The Kier molecular flexibility index (Phi) is 5.38. The minimum Gasteiger partial charge on any atom is -0.296 e. The first-order valence-corrected chi connectivity index (χ1v) is 10.9. The van der Waals surface area contributed by atoms with Crippen LogP contribution in [0.25, 0.3) is 10.8 Å². The van der Waals surface area contributed by atoms with Crippen LogP contribution < -0.4 is 0 Å². The zero-order chi connectivity index (χ0) is 19.7. The van der Waals surface area contributed by atoms with Gasteiger partial charge in [0.05, 0.1) is 4.90 Å². The van der Waals surface area contributed by atoms with Gasteiger partial charge in [-0.15, -0.1) is 0 Å². The molecule has 4 nitrogen and oxygen atoms in total. The molecule has 1 saturated heterocycles. The van der Waals surface area contributed by atoms with Crippen molar-refractivity contribution >= 4 is 32.4 Å². The smallest absolute Gasteiger partial charge is 0.243 e. The summed E-state index contributed by atoms with van der Waals surface area (Å²) in [5.74, 6) is -0.361. The number of hydrogen-bond donors (Lipinski definition) is 0. The van der Waals surface area contributed by atoms with Crippen molar-refractivity contribution in [2.45, 2.75) is 11.4 Å². The van der Waals surface area contributed by atoms with Crippen LogP contribution in [0.2, 0.25) is 5.02 Å². The maximum absolute atomic E-state index is 13.2. The third-order valence-corrected chi connectivity index (χ3v) is 7.35. The molecule has 0 unspecified atom stereocenters. The lowest BCUT2D eigenvalue weighted by molar-refractivity contribution is 0.181. The summed E-state index contributed by atoms with van der Waals surface area (Å²) < 4.78 is 40.8. The standard InChI is InChI=1S/C21H20ClFN2O2S/c22-21-14-19(23)7-5-18(21)15-24-9-11-25(12-10-24)28(26,27)20-8-6-16-3-1-2-4-17(16)13-20/h1-8,13-14H,9-12,15H2. The summed E-state index contributed by atoms with van der Waals surface area (Å²) >= 11 is 6.10. The normalized spacial score (nSPS) is 16.5. The highest BCUT2D eigenvalue weighted by Crippen LogP contribution is 2.24. The number of fused-ring (bicyclic) bond motifs is 1. The summed E-state index contributed by atoms with van der Waals surface area (Å²) in [6, 6.07) is 17.3. The molecule has 4 rings (SSSR count). The molecule has 0 aromatic heterocycles. The Labute approximate surface area is 169 Å². The molecule has 1 fully saturated rings. The molecule has 1 aliphatic heterocycles. The van der Waals surface area contributed by atoms with E-state index < -0.39 is 10.0 Å². The van der Waals surface area contributed by atoms with E-state index in [1.165, 1.54) is 16.4 Å². The summed E-state index contributed by atoms with van der Waals surface area (Å²) in [5.41, 5.74) is 0.842. The topological polar surface area (TPSA) is 40.6 Å². The zero-order valence-electron chi connectivity index (χ0n) is 15.2. The summed E-state index contributed by atoms with van der Waals surface area (Å²) in [4.78, 5) is 2.45. The Morgan fingerprint density at radius 3 is 2.32 bits per heavy atom. The van der Waals surface area contributed by atoms with Gasteiger partial charge in [-0.1, -0.05) is 48.0 Å². The lowest BCUT2D eigenvalue weighted by Crippen LogP contribution is -2.48. The molecule has 0 N–H and O–H groups in total. The number of hydrogen-bond acceptors (Lipinski definition) is 3. The molecule has 0 spiro atoms. The Morgan fingerprint density at radius 1 is 0.893 bits per heavy atom. The zero-order valence-corrected chi connectivity index (χ0v) is 16.8. The summed E-state index contributed by atoms with van der Waals surface area (Å²) in [6.07, 6.45) is 0. The molecule has 1 aliphatic rings. The van der Waals surface area contributed by atoms with E-state index in [-0.39, 0.29) is 5.82 Å². The van der Waals surface area contributed by atoms with E-state index >= 15 is 0 Å². The van der Waals surface area contributed by atoms with Gasteiger partial charge in [-0.25, -0.2) is 12.8 Å². The van der Waals surface area contributed by atoms with Crippen LogP contribution in [-0.4, -0.2) is 43.8 Å². The van der Waals surface area contributed by atoms with Gasteiger partial charge < -0.3 is 0 Å². The van der Waals surface area contributed by atoms with Crippen LogP contribution in [0.4, 0.5) is 4.39 Å². The van der Waals surface area contributed by atoms with Gasteiger partial charge in [0, 0.05) is 37.7 Å². The second kappa shape index (κ2) is 7.79. The quantitative estimate of drug-likeness (QED) is 0.639. The van der Waals surface area contributed by atoms with Crippen molar-refractivity contribution in [3.05, 3.63) is 77.1 Å². The van der Waals surface area contributed by atoms with E-state index in [1.807, 2.05) is 30.3 Å². The van der Waals surface area contributed by atoms with Crippen LogP contribution in [0.1, 0.15) is 5.56 Å². The van der Waals surface area contributed by atoms with Crippen LogP contribution >= 0.6 is 11.6 Å². The molecule has 146 valence electrons. The number of halogens is 2.